The van der Waals surface area contributed by atoms with E-state index >= 15 is 0 Å². The average Bonchev–Trinajstić information content (AvgIpc) is 1.98. The van der Waals surface area contributed by atoms with Crippen LogP contribution in [-0.4, -0.2) is 4.45 Å². The van der Waals surface area contributed by atoms with E-state index in [4.69, 9.17) is 23.2 Å². The van der Waals surface area contributed by atoms with Crippen molar-refractivity contribution in [2.24, 2.45) is 0 Å². The molecule has 0 heterocycles. The topological polar surface area (TPSA) is 12.0 Å². The quantitative estimate of drug-likeness (QED) is 0.445. The Morgan fingerprint density at radius 2 is 2.17 bits per heavy atom. The van der Waals surface area contributed by atoms with Gasteiger partial charge in [-0.3, -0.25) is 0 Å². The van der Waals surface area contributed by atoms with Crippen LogP contribution in [-0.2, 0) is 0 Å². The Morgan fingerprint density at radius 1 is 1.50 bits per heavy atom. The van der Waals surface area contributed by atoms with Crippen molar-refractivity contribution in [3.8, 4) is 0 Å². The zero-order valence-electron chi connectivity index (χ0n) is 5.77. The maximum atomic E-state index is 13.0. The number of anilines is 1. The molecule has 64 valence electrons. The molecule has 0 aliphatic rings. The van der Waals surface area contributed by atoms with Crippen LogP contribution in [0.15, 0.2) is 18.2 Å². The van der Waals surface area contributed by atoms with Gasteiger partial charge in [-0.2, -0.15) is 0 Å². The third-order valence-electron chi connectivity index (χ3n) is 1.18. The van der Waals surface area contributed by atoms with E-state index in [9.17, 15) is 4.39 Å². The summed E-state index contributed by atoms with van der Waals surface area (Å²) in [6, 6.07) is 4.54. The van der Waals surface area contributed by atoms with Crippen molar-refractivity contribution in [1.82, 2.24) is 0 Å². The van der Waals surface area contributed by atoms with Crippen molar-refractivity contribution >= 4 is 45.6 Å². The molecule has 0 aromatic heterocycles. The van der Waals surface area contributed by atoms with Crippen molar-refractivity contribution in [3.63, 3.8) is 0 Å². The van der Waals surface area contributed by atoms with Crippen LogP contribution in [0, 0.1) is 5.82 Å². The largest absolute Gasteiger partial charge is 0.335 e. The number of hydrogen-bond donors (Lipinski definition) is 1. The first-order chi connectivity index (χ1) is 5.61. The molecule has 12 heavy (non-hydrogen) atoms. The van der Waals surface area contributed by atoms with Gasteiger partial charge in [-0.1, -0.05) is 29.3 Å². The highest BCUT2D eigenvalue weighted by Gasteiger charge is 2.05. The van der Waals surface area contributed by atoms with E-state index in [-0.39, 0.29) is 15.2 Å². The first-order valence-electron chi connectivity index (χ1n) is 3.02. The summed E-state index contributed by atoms with van der Waals surface area (Å²) in [4.78, 5) is 0. The number of benzene rings is 1. The van der Waals surface area contributed by atoms with Crippen molar-refractivity contribution < 1.29 is 4.39 Å². The molecule has 5 heteroatoms. The van der Waals surface area contributed by atoms with E-state index in [2.05, 4.69) is 17.5 Å². The Morgan fingerprint density at radius 3 is 2.75 bits per heavy atom. The molecule has 0 saturated carbocycles. The van der Waals surface area contributed by atoms with Crippen LogP contribution in [0.25, 0.3) is 0 Å². The molecule has 1 aromatic rings. The highest BCUT2D eigenvalue weighted by Crippen LogP contribution is 2.22. The van der Waals surface area contributed by atoms with Crippen LogP contribution in [0.3, 0.4) is 0 Å². The molecular weight excluding hydrogens is 220 g/mol. The molecule has 0 bridgehead atoms. The second kappa shape index (κ2) is 4.03. The molecule has 0 radical (unpaired) electrons. The summed E-state index contributed by atoms with van der Waals surface area (Å²) >= 11 is 15.4. The summed E-state index contributed by atoms with van der Waals surface area (Å²) in [5.41, 5.74) is 0.183. The van der Waals surface area contributed by atoms with E-state index in [0.717, 1.165) is 0 Å². The lowest BCUT2D eigenvalue weighted by atomic mass is 10.3. The third kappa shape index (κ3) is 2.30. The van der Waals surface area contributed by atoms with Gasteiger partial charge >= 0.3 is 0 Å². The summed E-state index contributed by atoms with van der Waals surface area (Å²) in [6.07, 6.45) is 0. The molecular formula is C7H4Cl2FNS. The first kappa shape index (κ1) is 9.71. The van der Waals surface area contributed by atoms with Gasteiger partial charge in [0, 0.05) is 0 Å². The molecule has 0 spiro atoms. The van der Waals surface area contributed by atoms with E-state index in [0.29, 0.717) is 0 Å². The Bertz CT molecular complexity index is 316. The van der Waals surface area contributed by atoms with Gasteiger partial charge in [-0.25, -0.2) is 4.39 Å². The maximum Gasteiger partial charge on any atom is 0.171 e. The Hall–Kier alpha value is -0.380. The zero-order valence-corrected chi connectivity index (χ0v) is 8.10. The minimum absolute atomic E-state index is 0.0174. The Balaban J connectivity index is 3.00. The Labute approximate surface area is 84.5 Å². The molecule has 0 atom stereocenters. The summed E-state index contributed by atoms with van der Waals surface area (Å²) in [5.74, 6) is -0.554. The smallest absolute Gasteiger partial charge is 0.171 e. The molecule has 0 unspecified atom stereocenters. The lowest BCUT2D eigenvalue weighted by molar-refractivity contribution is 0.633. The maximum absolute atomic E-state index is 13.0. The normalized spacial score (nSPS) is 9.58. The van der Waals surface area contributed by atoms with Crippen LogP contribution < -0.4 is 5.32 Å². The first-order valence-corrected chi connectivity index (χ1v) is 4.18. The second-order valence-electron chi connectivity index (χ2n) is 2.00. The van der Waals surface area contributed by atoms with Gasteiger partial charge in [-0.15, -0.1) is 0 Å². The molecule has 1 nitrogen and oxygen atoms in total. The Kier molecular flexibility index (Phi) is 3.26. The molecule has 0 amide bonds. The van der Waals surface area contributed by atoms with Crippen LogP contribution in [0.1, 0.15) is 0 Å². The second-order valence-corrected chi connectivity index (χ2v) is 3.42. The highest BCUT2D eigenvalue weighted by molar-refractivity contribution is 7.83. The van der Waals surface area contributed by atoms with Gasteiger partial charge < -0.3 is 5.32 Å². The minimum atomic E-state index is -0.554. The van der Waals surface area contributed by atoms with Crippen LogP contribution in [0.2, 0.25) is 5.02 Å². The van der Waals surface area contributed by atoms with Gasteiger partial charge in [0.15, 0.2) is 10.3 Å². The van der Waals surface area contributed by atoms with Gasteiger partial charge in [0.1, 0.15) is 0 Å². The molecule has 0 fully saturated rings. The number of thiocarbonyl (C=S) groups is 1. The molecule has 1 N–H and O–H groups in total. The van der Waals surface area contributed by atoms with E-state index in [1.807, 2.05) is 0 Å². The number of hydrogen-bond acceptors (Lipinski definition) is 1. The molecule has 0 aliphatic carbocycles. The molecule has 0 saturated heterocycles. The van der Waals surface area contributed by atoms with E-state index in [1.165, 1.54) is 12.1 Å². The van der Waals surface area contributed by atoms with Crippen molar-refractivity contribution in [1.29, 1.82) is 0 Å². The fourth-order valence-corrected chi connectivity index (χ4v) is 1.09. The monoisotopic (exact) mass is 223 g/mol. The summed E-state index contributed by atoms with van der Waals surface area (Å²) in [7, 11) is 0. The average molecular weight is 224 g/mol. The highest BCUT2D eigenvalue weighted by atomic mass is 35.5. The van der Waals surface area contributed by atoms with Crippen LogP contribution in [0.4, 0.5) is 10.1 Å². The van der Waals surface area contributed by atoms with Crippen LogP contribution >= 0.6 is 35.4 Å². The fourth-order valence-electron chi connectivity index (χ4n) is 0.706. The molecule has 1 rings (SSSR count). The molecule has 1 aromatic carbocycles. The number of rotatable bonds is 1. The van der Waals surface area contributed by atoms with Gasteiger partial charge in [0.25, 0.3) is 0 Å². The summed E-state index contributed by atoms with van der Waals surface area (Å²) in [5, 5.41) is 2.49. The lowest BCUT2D eigenvalue weighted by Crippen LogP contribution is -2.02. The molecule has 0 aliphatic heterocycles. The van der Waals surface area contributed by atoms with E-state index < -0.39 is 5.82 Å². The fraction of sp³-hybridized carbons (Fsp3) is 0. The third-order valence-corrected chi connectivity index (χ3v) is 1.67. The van der Waals surface area contributed by atoms with Gasteiger partial charge in [0.05, 0.1) is 10.7 Å². The SMILES string of the molecule is Fc1c(Cl)cccc1NC(=S)Cl. The number of nitrogens with one attached hydrogen (secondary N) is 1. The lowest BCUT2D eigenvalue weighted by Gasteiger charge is -2.03. The van der Waals surface area contributed by atoms with E-state index in [1.54, 1.807) is 6.07 Å². The van der Waals surface area contributed by atoms with Crippen molar-refractivity contribution in [3.05, 3.63) is 29.0 Å². The summed E-state index contributed by atoms with van der Waals surface area (Å²) in [6.45, 7) is 0. The predicted octanol–water partition coefficient (Wildman–Crippen LogP) is 3.41. The standard InChI is InChI=1S/C7H4Cl2FNS/c8-4-2-1-3-5(6(4)10)11-7(9)12/h1-3H,(H,11,12). The van der Waals surface area contributed by atoms with Gasteiger partial charge in [0.2, 0.25) is 0 Å². The predicted molar refractivity (Wildman–Crippen MR) is 53.5 cm³/mol. The minimum Gasteiger partial charge on any atom is -0.335 e. The van der Waals surface area contributed by atoms with Crippen molar-refractivity contribution in [2.45, 2.75) is 0 Å². The van der Waals surface area contributed by atoms with Crippen molar-refractivity contribution in [2.75, 3.05) is 5.32 Å². The number of halogens is 3. The summed E-state index contributed by atoms with van der Waals surface area (Å²) < 4.78 is 13.0. The zero-order chi connectivity index (χ0) is 9.14. The van der Waals surface area contributed by atoms with Crippen LogP contribution in [0.5, 0.6) is 0 Å². The van der Waals surface area contributed by atoms with Gasteiger partial charge in [-0.05, 0) is 24.4 Å².